The first-order valence-electron chi connectivity index (χ1n) is 11.0. The third-order valence-electron chi connectivity index (χ3n) is 6.05. The van der Waals surface area contributed by atoms with Gasteiger partial charge in [0.2, 0.25) is 5.91 Å². The summed E-state index contributed by atoms with van der Waals surface area (Å²) in [4.78, 5) is 35.4. The van der Waals surface area contributed by atoms with Crippen LogP contribution in [0.5, 0.6) is 0 Å². The van der Waals surface area contributed by atoms with Crippen LogP contribution in [0.15, 0.2) is 48.5 Å². The zero-order valence-electron chi connectivity index (χ0n) is 18.9. The van der Waals surface area contributed by atoms with Crippen LogP contribution in [0.3, 0.4) is 0 Å². The van der Waals surface area contributed by atoms with Gasteiger partial charge in [0.25, 0.3) is 0 Å². The predicted octanol–water partition coefficient (Wildman–Crippen LogP) is 3.16. The maximum atomic E-state index is 12.6. The minimum absolute atomic E-state index is 0.0326. The average molecular weight is 455 g/mol. The number of nitrogens with one attached hydrogen (secondary N) is 2. The molecule has 1 aliphatic rings. The van der Waals surface area contributed by atoms with E-state index in [2.05, 4.69) is 34.9 Å². The third-order valence-corrected chi connectivity index (χ3v) is 6.05. The first-order chi connectivity index (χ1) is 15.9. The molecule has 176 valence electrons. The molecule has 1 atom stereocenters. The van der Waals surface area contributed by atoms with Crippen molar-refractivity contribution in [2.75, 3.05) is 32.9 Å². The Hall–Kier alpha value is -3.39. The Labute approximate surface area is 193 Å². The highest BCUT2D eigenvalue weighted by Crippen LogP contribution is 2.44. The number of rotatable bonds is 11. The Balaban J connectivity index is 1.50. The van der Waals surface area contributed by atoms with Crippen LogP contribution in [0, 0.1) is 5.41 Å². The van der Waals surface area contributed by atoms with Gasteiger partial charge in [-0.3, -0.25) is 4.79 Å². The molecule has 2 aromatic rings. The van der Waals surface area contributed by atoms with Crippen LogP contribution in [0.2, 0.25) is 0 Å². The highest BCUT2D eigenvalue weighted by atomic mass is 16.5. The monoisotopic (exact) mass is 454 g/mol. The van der Waals surface area contributed by atoms with E-state index in [9.17, 15) is 14.4 Å². The van der Waals surface area contributed by atoms with Gasteiger partial charge in [0.15, 0.2) is 0 Å². The molecule has 0 aromatic heterocycles. The van der Waals surface area contributed by atoms with Gasteiger partial charge in [-0.25, -0.2) is 9.59 Å². The van der Waals surface area contributed by atoms with Crippen molar-refractivity contribution in [2.24, 2.45) is 5.41 Å². The summed E-state index contributed by atoms with van der Waals surface area (Å²) in [5, 5.41) is 14.0. The highest BCUT2D eigenvalue weighted by molar-refractivity contribution is 5.83. The number of alkyl carbamates (subject to hydrolysis) is 1. The lowest BCUT2D eigenvalue weighted by atomic mass is 9.86. The predicted molar refractivity (Wildman–Crippen MR) is 123 cm³/mol. The van der Waals surface area contributed by atoms with Crippen molar-refractivity contribution in [3.05, 3.63) is 59.7 Å². The van der Waals surface area contributed by atoms with Crippen LogP contribution in [-0.2, 0) is 19.1 Å². The molecule has 33 heavy (non-hydrogen) atoms. The minimum Gasteiger partial charge on any atom is -0.480 e. The number of benzene rings is 2. The molecule has 2 amide bonds. The Morgan fingerprint density at radius 2 is 1.61 bits per heavy atom. The molecule has 0 heterocycles. The van der Waals surface area contributed by atoms with Crippen LogP contribution < -0.4 is 10.6 Å². The standard InChI is InChI=1S/C25H30N2O6/c1-3-25(2,23(30)26-12-13-32-15-22(28)29)16-27-24(31)33-14-21-19-10-6-4-8-17(19)18-9-5-7-11-20(18)21/h4-11,21H,3,12-16H2,1-2H3,(H,26,30)(H,27,31)(H,28,29). The summed E-state index contributed by atoms with van der Waals surface area (Å²) >= 11 is 0. The number of aliphatic carboxylic acids is 1. The van der Waals surface area contributed by atoms with E-state index in [0.29, 0.717) is 6.42 Å². The molecule has 0 radical (unpaired) electrons. The molecule has 1 unspecified atom stereocenters. The maximum Gasteiger partial charge on any atom is 0.407 e. The van der Waals surface area contributed by atoms with Crippen molar-refractivity contribution in [1.29, 1.82) is 0 Å². The summed E-state index contributed by atoms with van der Waals surface area (Å²) in [5.41, 5.74) is 3.75. The molecule has 8 heteroatoms. The summed E-state index contributed by atoms with van der Waals surface area (Å²) in [6.07, 6.45) is -0.0764. The largest absolute Gasteiger partial charge is 0.480 e. The van der Waals surface area contributed by atoms with Crippen molar-refractivity contribution in [2.45, 2.75) is 26.2 Å². The van der Waals surface area contributed by atoms with E-state index in [1.165, 1.54) is 0 Å². The Morgan fingerprint density at radius 1 is 1.00 bits per heavy atom. The Kier molecular flexibility index (Phi) is 8.06. The van der Waals surface area contributed by atoms with E-state index in [4.69, 9.17) is 14.6 Å². The topological polar surface area (TPSA) is 114 Å². The van der Waals surface area contributed by atoms with E-state index >= 15 is 0 Å². The lowest BCUT2D eigenvalue weighted by Crippen LogP contribution is -2.47. The van der Waals surface area contributed by atoms with Gasteiger partial charge >= 0.3 is 12.1 Å². The fraction of sp³-hybridized carbons (Fsp3) is 0.400. The van der Waals surface area contributed by atoms with E-state index in [1.807, 2.05) is 31.2 Å². The van der Waals surface area contributed by atoms with Crippen molar-refractivity contribution < 1.29 is 29.0 Å². The minimum atomic E-state index is -1.06. The summed E-state index contributed by atoms with van der Waals surface area (Å²) in [5.74, 6) is -1.34. The summed E-state index contributed by atoms with van der Waals surface area (Å²) < 4.78 is 10.5. The molecule has 0 saturated heterocycles. The number of fused-ring (bicyclic) bond motifs is 3. The number of carboxylic acid groups (broad SMARTS) is 1. The lowest BCUT2D eigenvalue weighted by Gasteiger charge is -2.27. The van der Waals surface area contributed by atoms with E-state index in [1.54, 1.807) is 6.92 Å². The molecule has 3 N–H and O–H groups in total. The molecule has 0 spiro atoms. The van der Waals surface area contributed by atoms with Gasteiger partial charge in [-0.15, -0.1) is 0 Å². The van der Waals surface area contributed by atoms with Crippen molar-refractivity contribution in [3.63, 3.8) is 0 Å². The molecule has 2 aromatic carbocycles. The molecule has 0 fully saturated rings. The average Bonchev–Trinajstić information content (AvgIpc) is 3.14. The van der Waals surface area contributed by atoms with Crippen LogP contribution in [-0.4, -0.2) is 56.0 Å². The zero-order chi connectivity index (χ0) is 23.8. The third kappa shape index (κ3) is 5.90. The molecule has 0 saturated carbocycles. The number of hydrogen-bond donors (Lipinski definition) is 3. The zero-order valence-corrected chi connectivity index (χ0v) is 18.9. The van der Waals surface area contributed by atoms with E-state index in [-0.39, 0.29) is 38.1 Å². The van der Waals surface area contributed by atoms with Gasteiger partial charge in [-0.2, -0.15) is 0 Å². The number of hydrogen-bond acceptors (Lipinski definition) is 5. The number of carboxylic acids is 1. The van der Waals surface area contributed by atoms with Crippen LogP contribution in [0.4, 0.5) is 4.79 Å². The number of amides is 2. The SMILES string of the molecule is CCC(C)(CNC(=O)OCC1c2ccccc2-c2ccccc21)C(=O)NCCOCC(=O)O. The Bertz CT molecular complexity index is 962. The fourth-order valence-electron chi connectivity index (χ4n) is 3.89. The number of carbonyl (C=O) groups excluding carboxylic acids is 2. The number of ether oxygens (including phenoxy) is 2. The van der Waals surface area contributed by atoms with Crippen LogP contribution in [0.1, 0.15) is 37.3 Å². The van der Waals surface area contributed by atoms with E-state index < -0.39 is 24.1 Å². The van der Waals surface area contributed by atoms with Gasteiger partial charge in [0.1, 0.15) is 13.2 Å². The van der Waals surface area contributed by atoms with Gasteiger partial charge in [0, 0.05) is 19.0 Å². The summed E-state index contributed by atoms with van der Waals surface area (Å²) in [6, 6.07) is 16.2. The number of carbonyl (C=O) groups is 3. The van der Waals surface area contributed by atoms with E-state index in [0.717, 1.165) is 22.3 Å². The van der Waals surface area contributed by atoms with Gasteiger partial charge in [-0.05, 0) is 35.6 Å². The highest BCUT2D eigenvalue weighted by Gasteiger charge is 2.32. The molecule has 0 bridgehead atoms. The lowest BCUT2D eigenvalue weighted by molar-refractivity contribution is -0.142. The molecule has 1 aliphatic carbocycles. The van der Waals surface area contributed by atoms with Crippen LogP contribution in [0.25, 0.3) is 11.1 Å². The van der Waals surface area contributed by atoms with Crippen molar-refractivity contribution >= 4 is 18.0 Å². The molecule has 0 aliphatic heterocycles. The molecule has 8 nitrogen and oxygen atoms in total. The van der Waals surface area contributed by atoms with Gasteiger partial charge in [-0.1, -0.05) is 55.5 Å². The van der Waals surface area contributed by atoms with Crippen molar-refractivity contribution in [3.8, 4) is 11.1 Å². The quantitative estimate of drug-likeness (QED) is 0.450. The van der Waals surface area contributed by atoms with Gasteiger partial charge in [0.05, 0.1) is 12.0 Å². The second-order valence-corrected chi connectivity index (χ2v) is 8.30. The first kappa shape index (κ1) is 24.3. The van der Waals surface area contributed by atoms with Crippen molar-refractivity contribution in [1.82, 2.24) is 10.6 Å². The Morgan fingerprint density at radius 3 is 2.18 bits per heavy atom. The second kappa shape index (κ2) is 11.0. The fourth-order valence-corrected chi connectivity index (χ4v) is 3.89. The maximum absolute atomic E-state index is 12.6. The normalized spacial score (nSPS) is 14.0. The summed E-state index contributed by atoms with van der Waals surface area (Å²) in [7, 11) is 0. The summed E-state index contributed by atoms with van der Waals surface area (Å²) in [6.45, 7) is 3.80. The molecular formula is C25H30N2O6. The smallest absolute Gasteiger partial charge is 0.407 e. The first-order valence-corrected chi connectivity index (χ1v) is 11.0. The van der Waals surface area contributed by atoms with Crippen LogP contribution >= 0.6 is 0 Å². The molecular weight excluding hydrogens is 424 g/mol. The second-order valence-electron chi connectivity index (χ2n) is 8.30. The van der Waals surface area contributed by atoms with Gasteiger partial charge < -0.3 is 25.2 Å². The molecule has 3 rings (SSSR count).